The summed E-state index contributed by atoms with van der Waals surface area (Å²) in [6.07, 6.45) is -3.91. The molecule has 0 aliphatic rings. The molecule has 0 aliphatic heterocycles. The van der Waals surface area contributed by atoms with Crippen LogP contribution in [0.15, 0.2) is 12.3 Å². The van der Waals surface area contributed by atoms with Gasteiger partial charge in [0.1, 0.15) is 6.07 Å². The van der Waals surface area contributed by atoms with Gasteiger partial charge in [-0.3, -0.25) is 0 Å². The van der Waals surface area contributed by atoms with E-state index in [1.807, 2.05) is 0 Å². The monoisotopic (exact) mass is 206 g/mol. The minimum Gasteiger partial charge on any atom is -0.243 e. The van der Waals surface area contributed by atoms with Gasteiger partial charge in [-0.15, -0.1) is 0 Å². The highest BCUT2D eigenvalue weighted by Gasteiger charge is 2.31. The minimum atomic E-state index is -4.48. The summed E-state index contributed by atoms with van der Waals surface area (Å²) in [5.74, 6) is 0. The molecule has 2 nitrogen and oxygen atoms in total. The zero-order valence-electron chi connectivity index (χ0n) is 6.06. The van der Waals surface area contributed by atoms with Gasteiger partial charge in [-0.2, -0.15) is 18.4 Å². The van der Waals surface area contributed by atoms with E-state index >= 15 is 0 Å². The number of rotatable bonds is 0. The first kappa shape index (κ1) is 9.81. The van der Waals surface area contributed by atoms with Gasteiger partial charge in [0.05, 0.1) is 10.6 Å². The largest absolute Gasteiger partial charge is 0.417 e. The Morgan fingerprint density at radius 1 is 1.46 bits per heavy atom. The molecule has 0 aliphatic carbocycles. The van der Waals surface area contributed by atoms with E-state index in [4.69, 9.17) is 16.9 Å². The van der Waals surface area contributed by atoms with Crippen LogP contribution in [-0.4, -0.2) is 4.98 Å². The Kier molecular flexibility index (Phi) is 2.43. The molecule has 6 heteroatoms. The van der Waals surface area contributed by atoms with Crippen LogP contribution >= 0.6 is 11.6 Å². The molecular weight excluding hydrogens is 205 g/mol. The maximum atomic E-state index is 12.0. The van der Waals surface area contributed by atoms with Crippen molar-refractivity contribution in [3.05, 3.63) is 28.5 Å². The maximum absolute atomic E-state index is 12.0. The topological polar surface area (TPSA) is 36.7 Å². The molecule has 0 amide bonds. The fraction of sp³-hybridized carbons (Fsp3) is 0.143. The Labute approximate surface area is 76.6 Å². The van der Waals surface area contributed by atoms with Crippen LogP contribution in [0.4, 0.5) is 13.2 Å². The lowest BCUT2D eigenvalue weighted by Gasteiger charge is -2.05. The average molecular weight is 207 g/mol. The van der Waals surface area contributed by atoms with Crippen molar-refractivity contribution in [2.45, 2.75) is 6.18 Å². The van der Waals surface area contributed by atoms with Gasteiger partial charge >= 0.3 is 6.18 Å². The molecule has 1 heterocycles. The molecule has 1 rings (SSSR count). The third kappa shape index (κ3) is 2.10. The molecule has 1 aromatic heterocycles. The molecule has 0 aromatic carbocycles. The Bertz CT molecular complexity index is 367. The number of aromatic nitrogens is 1. The molecular formula is C7H2ClF3N2. The van der Waals surface area contributed by atoms with Gasteiger partial charge in [0.25, 0.3) is 0 Å². The van der Waals surface area contributed by atoms with E-state index in [9.17, 15) is 13.2 Å². The molecule has 0 bridgehead atoms. The lowest BCUT2D eigenvalue weighted by atomic mass is 10.2. The SMILES string of the molecule is N#Cc1ncc(C(F)(F)F)cc1Cl. The van der Waals surface area contributed by atoms with Crippen molar-refractivity contribution in [1.29, 1.82) is 5.26 Å². The van der Waals surface area contributed by atoms with Crippen molar-refractivity contribution in [2.75, 3.05) is 0 Å². The van der Waals surface area contributed by atoms with Crippen molar-refractivity contribution in [1.82, 2.24) is 4.98 Å². The lowest BCUT2D eigenvalue weighted by Crippen LogP contribution is -2.05. The average Bonchev–Trinajstić information content (AvgIpc) is 2.02. The number of alkyl halides is 3. The first-order valence-electron chi connectivity index (χ1n) is 3.08. The Hall–Kier alpha value is -1.28. The Morgan fingerprint density at radius 2 is 2.08 bits per heavy atom. The summed E-state index contributed by atoms with van der Waals surface area (Å²) in [6, 6.07) is 2.24. The third-order valence-electron chi connectivity index (χ3n) is 1.27. The van der Waals surface area contributed by atoms with E-state index in [0.29, 0.717) is 12.3 Å². The van der Waals surface area contributed by atoms with E-state index in [0.717, 1.165) is 0 Å². The first-order chi connectivity index (χ1) is 5.95. The standard InChI is InChI=1S/C7H2ClF3N2/c8-5-1-4(7(9,10)11)3-13-6(5)2-12/h1,3H. The molecule has 0 fully saturated rings. The van der Waals surface area contributed by atoms with E-state index in [2.05, 4.69) is 4.98 Å². The highest BCUT2D eigenvalue weighted by atomic mass is 35.5. The second kappa shape index (κ2) is 3.23. The quantitative estimate of drug-likeness (QED) is 0.654. The van der Waals surface area contributed by atoms with E-state index in [1.165, 1.54) is 0 Å². The van der Waals surface area contributed by atoms with Gasteiger partial charge in [-0.25, -0.2) is 4.98 Å². The summed E-state index contributed by atoms with van der Waals surface area (Å²) in [6.45, 7) is 0. The second-order valence-electron chi connectivity index (χ2n) is 2.16. The van der Waals surface area contributed by atoms with Crippen molar-refractivity contribution < 1.29 is 13.2 Å². The van der Waals surface area contributed by atoms with Gasteiger partial charge in [0.2, 0.25) is 0 Å². The zero-order valence-corrected chi connectivity index (χ0v) is 6.82. The normalized spacial score (nSPS) is 11.0. The smallest absolute Gasteiger partial charge is 0.243 e. The maximum Gasteiger partial charge on any atom is 0.417 e. The lowest BCUT2D eigenvalue weighted by molar-refractivity contribution is -0.137. The van der Waals surface area contributed by atoms with Crippen LogP contribution in [0.1, 0.15) is 11.3 Å². The predicted octanol–water partition coefficient (Wildman–Crippen LogP) is 2.63. The summed E-state index contributed by atoms with van der Waals surface area (Å²) in [5, 5.41) is 8.04. The molecule has 0 unspecified atom stereocenters. The first-order valence-corrected chi connectivity index (χ1v) is 3.46. The van der Waals surface area contributed by atoms with Crippen molar-refractivity contribution >= 4 is 11.6 Å². The van der Waals surface area contributed by atoms with Crippen LogP contribution in [0.25, 0.3) is 0 Å². The van der Waals surface area contributed by atoms with Crippen LogP contribution in [0.3, 0.4) is 0 Å². The van der Waals surface area contributed by atoms with E-state index in [1.54, 1.807) is 6.07 Å². The molecule has 68 valence electrons. The number of nitrogens with zero attached hydrogens (tertiary/aromatic N) is 2. The van der Waals surface area contributed by atoms with Crippen molar-refractivity contribution in [2.24, 2.45) is 0 Å². The van der Waals surface area contributed by atoms with Gasteiger partial charge in [0.15, 0.2) is 5.69 Å². The molecule has 0 saturated heterocycles. The molecule has 13 heavy (non-hydrogen) atoms. The molecule has 0 N–H and O–H groups in total. The molecule has 0 saturated carbocycles. The van der Waals surface area contributed by atoms with Crippen LogP contribution in [0, 0.1) is 11.3 Å². The van der Waals surface area contributed by atoms with Gasteiger partial charge in [-0.05, 0) is 6.07 Å². The summed E-state index contributed by atoms with van der Waals surface area (Å²) in [4.78, 5) is 3.25. The van der Waals surface area contributed by atoms with E-state index in [-0.39, 0.29) is 10.7 Å². The summed E-state index contributed by atoms with van der Waals surface area (Å²) in [7, 11) is 0. The summed E-state index contributed by atoms with van der Waals surface area (Å²) in [5.41, 5.74) is -1.17. The van der Waals surface area contributed by atoms with Crippen LogP contribution in [0.2, 0.25) is 5.02 Å². The number of hydrogen-bond donors (Lipinski definition) is 0. The molecule has 0 radical (unpaired) electrons. The van der Waals surface area contributed by atoms with Crippen LogP contribution in [-0.2, 0) is 6.18 Å². The molecule has 0 spiro atoms. The predicted molar refractivity (Wildman–Crippen MR) is 39.0 cm³/mol. The summed E-state index contributed by atoms with van der Waals surface area (Å²) < 4.78 is 36.1. The van der Waals surface area contributed by atoms with Gasteiger partial charge in [0, 0.05) is 6.20 Å². The van der Waals surface area contributed by atoms with Crippen molar-refractivity contribution in [3.8, 4) is 6.07 Å². The fourth-order valence-electron chi connectivity index (χ4n) is 0.675. The highest BCUT2D eigenvalue weighted by Crippen LogP contribution is 2.30. The van der Waals surface area contributed by atoms with Crippen LogP contribution in [0.5, 0.6) is 0 Å². The molecule has 0 atom stereocenters. The summed E-state index contributed by atoms with van der Waals surface area (Å²) >= 11 is 5.35. The van der Waals surface area contributed by atoms with E-state index < -0.39 is 11.7 Å². The van der Waals surface area contributed by atoms with Gasteiger partial charge in [-0.1, -0.05) is 11.6 Å². The highest BCUT2D eigenvalue weighted by molar-refractivity contribution is 6.31. The zero-order chi connectivity index (χ0) is 10.1. The number of nitriles is 1. The fourth-order valence-corrected chi connectivity index (χ4v) is 0.884. The third-order valence-corrected chi connectivity index (χ3v) is 1.56. The van der Waals surface area contributed by atoms with Crippen LogP contribution < -0.4 is 0 Å². The number of pyridine rings is 1. The van der Waals surface area contributed by atoms with Crippen molar-refractivity contribution in [3.63, 3.8) is 0 Å². The molecule has 1 aromatic rings. The van der Waals surface area contributed by atoms with Gasteiger partial charge < -0.3 is 0 Å². The number of halogens is 4. The number of hydrogen-bond acceptors (Lipinski definition) is 2. The Balaban J connectivity index is 3.20. The minimum absolute atomic E-state index is 0.213. The second-order valence-corrected chi connectivity index (χ2v) is 2.57. The Morgan fingerprint density at radius 3 is 2.46 bits per heavy atom.